The molecule has 1 saturated heterocycles. The second-order valence-corrected chi connectivity index (χ2v) is 6.54. The SMILES string of the molecule is CCCOC1CCCN(S(=O)(=O)CCC(=O)O)C1. The van der Waals surface area contributed by atoms with Crippen molar-refractivity contribution in [2.24, 2.45) is 0 Å². The zero-order chi connectivity index (χ0) is 13.6. The second kappa shape index (κ2) is 7.06. The number of carboxylic acid groups (broad SMARTS) is 1. The van der Waals surface area contributed by atoms with Crippen LogP contribution < -0.4 is 0 Å². The first-order chi connectivity index (χ1) is 8.45. The summed E-state index contributed by atoms with van der Waals surface area (Å²) in [5.41, 5.74) is 0. The molecule has 1 aliphatic rings. The first-order valence-corrected chi connectivity index (χ1v) is 7.88. The van der Waals surface area contributed by atoms with Crippen molar-refractivity contribution < 1.29 is 23.1 Å². The molecule has 0 aliphatic carbocycles. The molecule has 0 bridgehead atoms. The van der Waals surface area contributed by atoms with Crippen LogP contribution in [-0.2, 0) is 19.6 Å². The van der Waals surface area contributed by atoms with Crippen LogP contribution in [0, 0.1) is 0 Å². The lowest BCUT2D eigenvalue weighted by Crippen LogP contribution is -2.44. The van der Waals surface area contributed by atoms with Crippen LogP contribution in [0.3, 0.4) is 0 Å². The fourth-order valence-electron chi connectivity index (χ4n) is 1.92. The molecule has 0 aromatic heterocycles. The normalized spacial score (nSPS) is 21.9. The zero-order valence-corrected chi connectivity index (χ0v) is 11.5. The highest BCUT2D eigenvalue weighted by molar-refractivity contribution is 7.89. The number of hydrogen-bond acceptors (Lipinski definition) is 4. The van der Waals surface area contributed by atoms with Gasteiger partial charge in [-0.25, -0.2) is 8.42 Å². The number of rotatable bonds is 7. The summed E-state index contributed by atoms with van der Waals surface area (Å²) in [5.74, 6) is -1.42. The molecule has 1 unspecified atom stereocenters. The largest absolute Gasteiger partial charge is 0.481 e. The van der Waals surface area contributed by atoms with Crippen molar-refractivity contribution in [3.8, 4) is 0 Å². The smallest absolute Gasteiger partial charge is 0.304 e. The molecule has 1 fully saturated rings. The maximum atomic E-state index is 11.9. The van der Waals surface area contributed by atoms with Gasteiger partial charge < -0.3 is 9.84 Å². The van der Waals surface area contributed by atoms with E-state index in [4.69, 9.17) is 9.84 Å². The molecule has 18 heavy (non-hydrogen) atoms. The van der Waals surface area contributed by atoms with E-state index in [0.29, 0.717) is 19.7 Å². The Morgan fingerprint density at radius 1 is 1.50 bits per heavy atom. The molecule has 0 spiro atoms. The molecule has 0 radical (unpaired) electrons. The summed E-state index contributed by atoms with van der Waals surface area (Å²) in [6, 6.07) is 0. The minimum atomic E-state index is -3.46. The summed E-state index contributed by atoms with van der Waals surface area (Å²) in [6.45, 7) is 3.45. The Labute approximate surface area is 108 Å². The molecule has 1 heterocycles. The van der Waals surface area contributed by atoms with E-state index in [1.54, 1.807) is 0 Å². The summed E-state index contributed by atoms with van der Waals surface area (Å²) in [6.07, 6.45) is 2.13. The summed E-state index contributed by atoms with van der Waals surface area (Å²) in [4.78, 5) is 10.4. The van der Waals surface area contributed by atoms with Crippen LogP contribution in [-0.4, -0.2) is 55.4 Å². The van der Waals surface area contributed by atoms with Gasteiger partial charge in [-0.15, -0.1) is 0 Å². The van der Waals surface area contributed by atoms with Crippen molar-refractivity contribution in [1.82, 2.24) is 4.31 Å². The monoisotopic (exact) mass is 279 g/mol. The van der Waals surface area contributed by atoms with Crippen LogP contribution >= 0.6 is 0 Å². The summed E-state index contributed by atoms with van der Waals surface area (Å²) < 4.78 is 30.8. The van der Waals surface area contributed by atoms with E-state index < -0.39 is 16.0 Å². The predicted octanol–water partition coefficient (Wildman–Crippen LogP) is 0.682. The van der Waals surface area contributed by atoms with Gasteiger partial charge in [-0.3, -0.25) is 4.79 Å². The molecule has 106 valence electrons. The molecule has 6 nitrogen and oxygen atoms in total. The third kappa shape index (κ3) is 4.91. The first-order valence-electron chi connectivity index (χ1n) is 6.27. The average Bonchev–Trinajstić information content (AvgIpc) is 2.34. The van der Waals surface area contributed by atoms with Gasteiger partial charge in [0.1, 0.15) is 0 Å². The van der Waals surface area contributed by atoms with Gasteiger partial charge in [-0.05, 0) is 19.3 Å². The average molecular weight is 279 g/mol. The zero-order valence-electron chi connectivity index (χ0n) is 10.7. The summed E-state index contributed by atoms with van der Waals surface area (Å²) in [7, 11) is -3.46. The van der Waals surface area contributed by atoms with Gasteiger partial charge in [0.05, 0.1) is 18.3 Å². The minimum absolute atomic E-state index is 0.0571. The quantitative estimate of drug-likeness (QED) is 0.741. The van der Waals surface area contributed by atoms with Crippen molar-refractivity contribution in [1.29, 1.82) is 0 Å². The van der Waals surface area contributed by atoms with Crippen molar-refractivity contribution in [2.45, 2.75) is 38.7 Å². The number of carbonyl (C=O) groups is 1. The number of sulfonamides is 1. The molecule has 0 aromatic carbocycles. The van der Waals surface area contributed by atoms with E-state index in [9.17, 15) is 13.2 Å². The lowest BCUT2D eigenvalue weighted by Gasteiger charge is -2.31. The van der Waals surface area contributed by atoms with Crippen molar-refractivity contribution in [3.05, 3.63) is 0 Å². The standard InChI is InChI=1S/C11H21NO5S/c1-2-7-17-10-4-3-6-12(9-10)18(15,16)8-5-11(13)14/h10H,2-9H2,1H3,(H,13,14). The van der Waals surface area contributed by atoms with Crippen molar-refractivity contribution in [2.75, 3.05) is 25.4 Å². The highest BCUT2D eigenvalue weighted by Gasteiger charge is 2.29. The van der Waals surface area contributed by atoms with E-state index in [1.165, 1.54) is 4.31 Å². The maximum absolute atomic E-state index is 11.9. The Hall–Kier alpha value is -0.660. The minimum Gasteiger partial charge on any atom is -0.481 e. The molecule has 7 heteroatoms. The third-order valence-corrected chi connectivity index (χ3v) is 4.70. The third-order valence-electron chi connectivity index (χ3n) is 2.87. The molecule has 0 saturated carbocycles. The molecule has 1 N–H and O–H groups in total. The van der Waals surface area contributed by atoms with E-state index in [2.05, 4.69) is 0 Å². The molecular weight excluding hydrogens is 258 g/mol. The van der Waals surface area contributed by atoms with Crippen LogP contribution in [0.5, 0.6) is 0 Å². The molecule has 0 aromatic rings. The first kappa shape index (κ1) is 15.4. The van der Waals surface area contributed by atoms with E-state index >= 15 is 0 Å². The number of piperidine rings is 1. The Kier molecular flexibility index (Phi) is 6.04. The van der Waals surface area contributed by atoms with Gasteiger partial charge in [-0.1, -0.05) is 6.92 Å². The Bertz CT molecular complexity index is 368. The van der Waals surface area contributed by atoms with Crippen molar-refractivity contribution in [3.63, 3.8) is 0 Å². The van der Waals surface area contributed by atoms with E-state index in [1.807, 2.05) is 6.92 Å². The molecule has 1 atom stereocenters. The summed E-state index contributed by atoms with van der Waals surface area (Å²) in [5, 5.41) is 8.54. The Morgan fingerprint density at radius 2 is 2.22 bits per heavy atom. The molecule has 0 amide bonds. The van der Waals surface area contributed by atoms with Crippen LogP contribution in [0.15, 0.2) is 0 Å². The molecular formula is C11H21NO5S. The summed E-state index contributed by atoms with van der Waals surface area (Å²) >= 11 is 0. The van der Waals surface area contributed by atoms with Crippen molar-refractivity contribution >= 4 is 16.0 Å². The predicted molar refractivity (Wildman–Crippen MR) is 66.9 cm³/mol. The number of aliphatic carboxylic acids is 1. The highest BCUT2D eigenvalue weighted by Crippen LogP contribution is 2.17. The number of nitrogens with zero attached hydrogens (tertiary/aromatic N) is 1. The van der Waals surface area contributed by atoms with Gasteiger partial charge in [0, 0.05) is 19.7 Å². The highest BCUT2D eigenvalue weighted by atomic mass is 32.2. The molecule has 1 rings (SSSR count). The van der Waals surface area contributed by atoms with Crippen LogP contribution in [0.2, 0.25) is 0 Å². The lowest BCUT2D eigenvalue weighted by atomic mass is 10.1. The topological polar surface area (TPSA) is 83.9 Å². The molecule has 1 aliphatic heterocycles. The Morgan fingerprint density at radius 3 is 2.83 bits per heavy atom. The maximum Gasteiger partial charge on any atom is 0.304 e. The number of hydrogen-bond donors (Lipinski definition) is 1. The van der Waals surface area contributed by atoms with Gasteiger partial charge in [-0.2, -0.15) is 4.31 Å². The fourth-order valence-corrected chi connectivity index (χ4v) is 3.42. The second-order valence-electron chi connectivity index (χ2n) is 4.45. The van der Waals surface area contributed by atoms with Crippen LogP contribution in [0.25, 0.3) is 0 Å². The van der Waals surface area contributed by atoms with Crippen LogP contribution in [0.1, 0.15) is 32.6 Å². The van der Waals surface area contributed by atoms with Gasteiger partial charge in [0.25, 0.3) is 0 Å². The number of carboxylic acids is 1. The van der Waals surface area contributed by atoms with Gasteiger partial charge >= 0.3 is 5.97 Å². The Balaban J connectivity index is 2.51. The van der Waals surface area contributed by atoms with E-state index in [-0.39, 0.29) is 18.3 Å². The fraction of sp³-hybridized carbons (Fsp3) is 0.909. The number of ether oxygens (including phenoxy) is 1. The van der Waals surface area contributed by atoms with E-state index in [0.717, 1.165) is 19.3 Å². The lowest BCUT2D eigenvalue weighted by molar-refractivity contribution is -0.136. The van der Waals surface area contributed by atoms with Gasteiger partial charge in [0.15, 0.2) is 0 Å². The van der Waals surface area contributed by atoms with Crippen LogP contribution in [0.4, 0.5) is 0 Å². The van der Waals surface area contributed by atoms with Gasteiger partial charge in [0.2, 0.25) is 10.0 Å².